The zero-order valence-corrected chi connectivity index (χ0v) is 10.5. The molecule has 0 saturated heterocycles. The molecule has 1 unspecified atom stereocenters. The number of nitrogens with one attached hydrogen (secondary N) is 2. The maximum absolute atomic E-state index is 11.2. The summed E-state index contributed by atoms with van der Waals surface area (Å²) in [5, 5.41) is 5.74. The van der Waals surface area contributed by atoms with Crippen molar-refractivity contribution >= 4 is 33.2 Å². The van der Waals surface area contributed by atoms with Crippen LogP contribution in [0.2, 0.25) is 0 Å². The van der Waals surface area contributed by atoms with E-state index < -0.39 is 0 Å². The molecular weight excluding hydrogens is 264 g/mol. The van der Waals surface area contributed by atoms with Crippen LogP contribution >= 0.6 is 27.3 Å². The van der Waals surface area contributed by atoms with E-state index in [0.29, 0.717) is 0 Å². The number of likely N-dealkylation sites (N-methyl/N-ethyl adjacent to an activating group) is 1. The van der Waals surface area contributed by atoms with Gasteiger partial charge in [-0.1, -0.05) is 0 Å². The standard InChI is InChI=1S/C9H13BrN2OS/c1-6(9(13)11-2)12-5-7-3-4-8(10)14-7/h3-4,6,12H,5H2,1-2H3,(H,11,13). The lowest BCUT2D eigenvalue weighted by Crippen LogP contribution is -2.40. The highest BCUT2D eigenvalue weighted by Crippen LogP contribution is 2.21. The van der Waals surface area contributed by atoms with Crippen LogP contribution in [0.4, 0.5) is 0 Å². The lowest BCUT2D eigenvalue weighted by atomic mass is 10.3. The fourth-order valence-corrected chi connectivity index (χ4v) is 2.44. The minimum atomic E-state index is -0.152. The molecule has 1 rings (SSSR count). The van der Waals surface area contributed by atoms with Gasteiger partial charge in [0.05, 0.1) is 9.83 Å². The Kier molecular flexibility index (Phi) is 4.57. The molecule has 0 radical (unpaired) electrons. The fraction of sp³-hybridized carbons (Fsp3) is 0.444. The molecule has 1 aromatic heterocycles. The molecule has 1 amide bonds. The molecule has 3 nitrogen and oxygen atoms in total. The van der Waals surface area contributed by atoms with E-state index in [9.17, 15) is 4.79 Å². The van der Waals surface area contributed by atoms with Gasteiger partial charge < -0.3 is 10.6 Å². The van der Waals surface area contributed by atoms with Crippen LogP contribution < -0.4 is 10.6 Å². The third kappa shape index (κ3) is 3.40. The second-order valence-corrected chi connectivity index (χ2v) is 5.47. The van der Waals surface area contributed by atoms with E-state index in [1.54, 1.807) is 18.4 Å². The van der Waals surface area contributed by atoms with Gasteiger partial charge in [0.2, 0.25) is 5.91 Å². The summed E-state index contributed by atoms with van der Waals surface area (Å²) in [5.41, 5.74) is 0. The first-order valence-electron chi connectivity index (χ1n) is 4.32. The summed E-state index contributed by atoms with van der Waals surface area (Å²) in [6.07, 6.45) is 0. The number of thiophene rings is 1. The van der Waals surface area contributed by atoms with Gasteiger partial charge in [0.1, 0.15) is 0 Å². The highest BCUT2D eigenvalue weighted by atomic mass is 79.9. The van der Waals surface area contributed by atoms with Crippen LogP contribution in [0.5, 0.6) is 0 Å². The molecule has 0 aliphatic heterocycles. The zero-order chi connectivity index (χ0) is 10.6. The van der Waals surface area contributed by atoms with Crippen LogP contribution in [0.1, 0.15) is 11.8 Å². The molecule has 1 heterocycles. The summed E-state index contributed by atoms with van der Waals surface area (Å²) in [6.45, 7) is 2.58. The number of hydrogen-bond acceptors (Lipinski definition) is 3. The molecule has 0 bridgehead atoms. The lowest BCUT2D eigenvalue weighted by molar-refractivity contribution is -0.122. The molecule has 0 aromatic carbocycles. The molecule has 0 aliphatic carbocycles. The van der Waals surface area contributed by atoms with Gasteiger partial charge in [-0.25, -0.2) is 0 Å². The van der Waals surface area contributed by atoms with Crippen molar-refractivity contribution in [2.24, 2.45) is 0 Å². The van der Waals surface area contributed by atoms with Gasteiger partial charge in [0.15, 0.2) is 0 Å². The highest BCUT2D eigenvalue weighted by Gasteiger charge is 2.09. The SMILES string of the molecule is CNC(=O)C(C)NCc1ccc(Br)s1. The van der Waals surface area contributed by atoms with Crippen molar-refractivity contribution in [3.63, 3.8) is 0 Å². The third-order valence-electron chi connectivity index (χ3n) is 1.85. The Labute approximate surface area is 96.0 Å². The Morgan fingerprint density at radius 2 is 2.36 bits per heavy atom. The van der Waals surface area contributed by atoms with E-state index >= 15 is 0 Å². The van der Waals surface area contributed by atoms with Crippen molar-refractivity contribution in [1.82, 2.24) is 10.6 Å². The van der Waals surface area contributed by atoms with Crippen molar-refractivity contribution < 1.29 is 4.79 Å². The summed E-state index contributed by atoms with van der Waals surface area (Å²) in [7, 11) is 1.64. The lowest BCUT2D eigenvalue weighted by Gasteiger charge is -2.10. The van der Waals surface area contributed by atoms with E-state index in [-0.39, 0.29) is 11.9 Å². The first-order valence-corrected chi connectivity index (χ1v) is 5.93. The second kappa shape index (κ2) is 5.48. The number of amides is 1. The number of carbonyl (C=O) groups excluding carboxylic acids is 1. The number of hydrogen-bond donors (Lipinski definition) is 2. The molecule has 1 aromatic rings. The molecule has 5 heteroatoms. The molecule has 14 heavy (non-hydrogen) atoms. The van der Waals surface area contributed by atoms with Gasteiger partial charge in [0, 0.05) is 18.5 Å². The van der Waals surface area contributed by atoms with Gasteiger partial charge in [0.25, 0.3) is 0 Å². The van der Waals surface area contributed by atoms with Crippen LogP contribution in [0.25, 0.3) is 0 Å². The highest BCUT2D eigenvalue weighted by molar-refractivity contribution is 9.11. The zero-order valence-electron chi connectivity index (χ0n) is 8.13. The fourth-order valence-electron chi connectivity index (χ4n) is 1.01. The molecular formula is C9H13BrN2OS. The maximum Gasteiger partial charge on any atom is 0.236 e. The Balaban J connectivity index is 2.37. The Hall–Kier alpha value is -0.390. The predicted octanol–water partition coefficient (Wildman–Crippen LogP) is 1.73. The molecule has 0 spiro atoms. The van der Waals surface area contributed by atoms with E-state index in [1.807, 2.05) is 19.1 Å². The summed E-state index contributed by atoms with van der Waals surface area (Å²) in [6, 6.07) is 3.89. The molecule has 0 saturated carbocycles. The largest absolute Gasteiger partial charge is 0.358 e. The first-order chi connectivity index (χ1) is 6.63. The van der Waals surface area contributed by atoms with E-state index in [0.717, 1.165) is 10.3 Å². The summed E-state index contributed by atoms with van der Waals surface area (Å²) in [4.78, 5) is 12.4. The Morgan fingerprint density at radius 3 is 2.86 bits per heavy atom. The van der Waals surface area contributed by atoms with Gasteiger partial charge in [-0.2, -0.15) is 0 Å². The van der Waals surface area contributed by atoms with Crippen molar-refractivity contribution in [3.05, 3.63) is 20.8 Å². The minimum Gasteiger partial charge on any atom is -0.358 e. The van der Waals surface area contributed by atoms with E-state index in [1.165, 1.54) is 4.88 Å². The average Bonchev–Trinajstić information content (AvgIpc) is 2.59. The summed E-state index contributed by atoms with van der Waals surface area (Å²) < 4.78 is 1.11. The number of rotatable bonds is 4. The van der Waals surface area contributed by atoms with Crippen LogP contribution in [0.3, 0.4) is 0 Å². The van der Waals surface area contributed by atoms with Crippen LogP contribution in [-0.2, 0) is 11.3 Å². The normalized spacial score (nSPS) is 12.5. The smallest absolute Gasteiger partial charge is 0.236 e. The van der Waals surface area contributed by atoms with E-state index in [2.05, 4.69) is 26.6 Å². The van der Waals surface area contributed by atoms with Gasteiger partial charge in [-0.05, 0) is 35.0 Å². The van der Waals surface area contributed by atoms with Crippen LogP contribution in [0, 0.1) is 0 Å². The van der Waals surface area contributed by atoms with Crippen LogP contribution in [0.15, 0.2) is 15.9 Å². The number of halogens is 1. The van der Waals surface area contributed by atoms with Gasteiger partial charge >= 0.3 is 0 Å². The maximum atomic E-state index is 11.2. The van der Waals surface area contributed by atoms with Gasteiger partial charge in [-0.3, -0.25) is 4.79 Å². The summed E-state index contributed by atoms with van der Waals surface area (Å²) in [5.74, 6) is 0.0145. The van der Waals surface area contributed by atoms with Crippen molar-refractivity contribution in [2.45, 2.75) is 19.5 Å². The molecule has 1 atom stereocenters. The summed E-state index contributed by atoms with van der Waals surface area (Å²) >= 11 is 5.06. The average molecular weight is 277 g/mol. The van der Waals surface area contributed by atoms with Crippen LogP contribution in [-0.4, -0.2) is 19.0 Å². The van der Waals surface area contributed by atoms with Crippen molar-refractivity contribution in [3.8, 4) is 0 Å². The molecule has 2 N–H and O–H groups in total. The number of carbonyl (C=O) groups is 1. The first kappa shape index (κ1) is 11.7. The molecule has 0 aliphatic rings. The van der Waals surface area contributed by atoms with Crippen molar-refractivity contribution in [1.29, 1.82) is 0 Å². The second-order valence-electron chi connectivity index (χ2n) is 2.92. The van der Waals surface area contributed by atoms with Crippen molar-refractivity contribution in [2.75, 3.05) is 7.05 Å². The van der Waals surface area contributed by atoms with Gasteiger partial charge in [-0.15, -0.1) is 11.3 Å². The molecule has 78 valence electrons. The topological polar surface area (TPSA) is 41.1 Å². The molecule has 0 fully saturated rings. The minimum absolute atomic E-state index is 0.0145. The predicted molar refractivity (Wildman–Crippen MR) is 62.4 cm³/mol. The third-order valence-corrected chi connectivity index (χ3v) is 3.47. The Bertz CT molecular complexity index is 314. The Morgan fingerprint density at radius 1 is 1.64 bits per heavy atom. The quantitative estimate of drug-likeness (QED) is 0.880. The van der Waals surface area contributed by atoms with E-state index in [4.69, 9.17) is 0 Å². The monoisotopic (exact) mass is 276 g/mol.